The fourth-order valence-electron chi connectivity index (χ4n) is 11.4. The molecule has 4 fully saturated rings. The van der Waals surface area contributed by atoms with E-state index < -0.39 is 0 Å². The van der Waals surface area contributed by atoms with Gasteiger partial charge in [-0.05, 0) is 89.2 Å². The van der Waals surface area contributed by atoms with Gasteiger partial charge in [-0.15, -0.1) is 0 Å². The Hall–Kier alpha value is -3.05. The molecule has 4 rings (SSSR count). The molecule has 0 aromatic carbocycles. The molecule has 0 aromatic rings. The molecule has 4 aliphatic heterocycles. The van der Waals surface area contributed by atoms with Crippen LogP contribution in [0.5, 0.6) is 0 Å². The average Bonchev–Trinajstić information content (AvgIpc) is 2.71. The Morgan fingerprint density at radius 2 is 0.580 bits per heavy atom. The van der Waals surface area contributed by atoms with Crippen molar-refractivity contribution in [3.05, 3.63) is 0 Å². The van der Waals surface area contributed by atoms with Gasteiger partial charge in [-0.1, -0.05) is 90.4 Å². The molecule has 25 nitrogen and oxygen atoms in total. The van der Waals surface area contributed by atoms with Crippen LogP contribution in [0.15, 0.2) is 0 Å². The number of unbranched alkanes of at least 4 members (excludes halogenated alkanes) is 4. The minimum absolute atomic E-state index is 0.0208. The predicted molar refractivity (Wildman–Crippen MR) is 415 cm³/mol. The van der Waals surface area contributed by atoms with Gasteiger partial charge in [0.2, 0.25) is 59.1 Å². The van der Waals surface area contributed by atoms with E-state index in [1.807, 2.05) is 91.2 Å². The summed E-state index contributed by atoms with van der Waals surface area (Å²) in [4.78, 5) is 135. The Morgan fingerprint density at radius 3 is 0.850 bits per heavy atom. The number of carbonyl (C=O) groups is 10. The zero-order chi connectivity index (χ0) is 71.7. The Balaban J connectivity index is 1.20. The monoisotopic (exact) mass is 1540 g/mol. The first-order chi connectivity index (χ1) is 48.7. The number of ether oxygens (including phenoxy) is 2. The van der Waals surface area contributed by atoms with Gasteiger partial charge in [0, 0.05) is 234 Å². The normalized spacial score (nSPS) is 17.3. The predicted octanol–water partition coefficient (Wildman–Crippen LogP) is 5.66. The second-order valence-corrected chi connectivity index (χ2v) is 35.5. The van der Waals surface area contributed by atoms with Crippen molar-refractivity contribution in [2.24, 2.45) is 0 Å². The summed E-state index contributed by atoms with van der Waals surface area (Å²) in [7, 11) is 13.2. The van der Waals surface area contributed by atoms with Crippen LogP contribution in [0.3, 0.4) is 0 Å². The standard InChI is InChI=1S/C68H123N13O12S7/c1-92-49-50-93-48-47-81(43-24-67(90)77-37-45-79(39-20-63(86)73-33-29-69-59(82)16-6-2-11-55-15-10-51-94-55)40-21-64(87)74-34-30-70-60(83)17-7-3-12-56-26-52-95-98-56)44-25-68(91)78-38-46-80(41-22-65(88)75-35-31-71-61(84)18-8-4-13-57-27-53-96-99-57)42-23-66(89)76-36-32-72-62(85)19-9-5-14-58-28-54-97-100-58/h55-58H,2-54H2,1H3,(H,69,82)(H,70,83)(H,71,84)(H,72,85)(H,73,86)(H,74,87)(H,75,88)(H,76,89)(H,77,90)(H,78,91). The number of hydrogen-bond acceptors (Lipinski definition) is 22. The van der Waals surface area contributed by atoms with Crippen LogP contribution in [0.1, 0.15) is 173 Å². The second-order valence-electron chi connectivity index (χ2n) is 25.7. The third-order valence-corrected chi connectivity index (χ3v) is 27.9. The molecule has 0 aliphatic carbocycles. The number of rotatable bonds is 62. The summed E-state index contributed by atoms with van der Waals surface area (Å²) in [5.41, 5.74) is 0. The average molecular weight is 1540 g/mol. The highest BCUT2D eigenvalue weighted by Gasteiger charge is 2.21. The molecule has 0 aromatic heterocycles. The number of nitrogens with one attached hydrogen (secondary N) is 10. The zero-order valence-corrected chi connectivity index (χ0v) is 65.6. The first kappa shape index (κ1) is 89.3. The van der Waals surface area contributed by atoms with Crippen LogP contribution < -0.4 is 53.2 Å². The van der Waals surface area contributed by atoms with Gasteiger partial charge < -0.3 is 77.3 Å². The van der Waals surface area contributed by atoms with Crippen molar-refractivity contribution in [2.75, 3.05) is 174 Å². The van der Waals surface area contributed by atoms with Crippen molar-refractivity contribution in [3.8, 4) is 0 Å². The van der Waals surface area contributed by atoms with E-state index in [4.69, 9.17) is 9.47 Å². The lowest BCUT2D eigenvalue weighted by Crippen LogP contribution is -2.41. The minimum atomic E-state index is -0.210. The third kappa shape index (κ3) is 49.6. The number of amides is 10. The van der Waals surface area contributed by atoms with Crippen LogP contribution in [0.25, 0.3) is 0 Å². The van der Waals surface area contributed by atoms with E-state index in [1.165, 1.54) is 55.1 Å². The highest BCUT2D eigenvalue weighted by Crippen LogP contribution is 2.41. The van der Waals surface area contributed by atoms with Gasteiger partial charge >= 0.3 is 0 Å². The molecule has 100 heavy (non-hydrogen) atoms. The van der Waals surface area contributed by atoms with Gasteiger partial charge in [-0.3, -0.25) is 47.9 Å². The Kier molecular flexibility index (Phi) is 53.7. The first-order valence-electron chi connectivity index (χ1n) is 37.1. The topological polar surface area (TPSA) is 319 Å². The molecule has 0 radical (unpaired) electrons. The maximum Gasteiger partial charge on any atom is 0.221 e. The molecular formula is C68H123N13O12S7. The van der Waals surface area contributed by atoms with Crippen LogP contribution in [0.2, 0.25) is 0 Å². The quantitative estimate of drug-likeness (QED) is 0.0260. The van der Waals surface area contributed by atoms with E-state index in [9.17, 15) is 47.9 Å². The maximum absolute atomic E-state index is 13.4. The van der Waals surface area contributed by atoms with Gasteiger partial charge in [0.25, 0.3) is 0 Å². The number of methoxy groups -OCH3 is 1. The number of nitrogens with zero attached hydrogens (tertiary/aromatic N) is 3. The molecule has 0 spiro atoms. The highest BCUT2D eigenvalue weighted by atomic mass is 33.1. The summed E-state index contributed by atoms with van der Waals surface area (Å²) >= 11 is 2.03. The van der Waals surface area contributed by atoms with Gasteiger partial charge in [0.15, 0.2) is 0 Å². The molecule has 4 unspecified atom stereocenters. The second kappa shape index (κ2) is 60.1. The summed E-state index contributed by atoms with van der Waals surface area (Å²) in [6.07, 6.45) is 20.9. The Bertz CT molecular complexity index is 2030. The summed E-state index contributed by atoms with van der Waals surface area (Å²) < 4.78 is 10.9. The zero-order valence-electron chi connectivity index (χ0n) is 59.9. The van der Waals surface area contributed by atoms with Crippen molar-refractivity contribution in [2.45, 2.75) is 194 Å². The van der Waals surface area contributed by atoms with Crippen molar-refractivity contribution < 1.29 is 57.4 Å². The fraction of sp³-hybridized carbons (Fsp3) is 0.853. The van der Waals surface area contributed by atoms with Gasteiger partial charge in [0.1, 0.15) is 0 Å². The van der Waals surface area contributed by atoms with Crippen molar-refractivity contribution in [1.29, 1.82) is 0 Å². The minimum Gasteiger partial charge on any atom is -0.382 e. The molecular weight excluding hydrogens is 1420 g/mol. The molecule has 32 heteroatoms. The van der Waals surface area contributed by atoms with E-state index in [0.717, 1.165) is 82.3 Å². The van der Waals surface area contributed by atoms with Crippen LogP contribution in [-0.2, 0) is 57.4 Å². The van der Waals surface area contributed by atoms with Crippen LogP contribution in [0.4, 0.5) is 0 Å². The molecule has 574 valence electrons. The van der Waals surface area contributed by atoms with Crippen molar-refractivity contribution >= 4 is 136 Å². The van der Waals surface area contributed by atoms with Crippen molar-refractivity contribution in [1.82, 2.24) is 67.9 Å². The third-order valence-electron chi connectivity index (χ3n) is 17.4. The van der Waals surface area contributed by atoms with Gasteiger partial charge in [0.05, 0.1) is 19.8 Å². The highest BCUT2D eigenvalue weighted by molar-refractivity contribution is 8.78. The molecule has 10 N–H and O–H groups in total. The van der Waals surface area contributed by atoms with Crippen molar-refractivity contribution in [3.63, 3.8) is 0 Å². The summed E-state index contributed by atoms with van der Waals surface area (Å²) in [5, 5.41) is 31.9. The Labute approximate surface area is 625 Å². The molecule has 4 heterocycles. The molecule has 4 aliphatic rings. The van der Waals surface area contributed by atoms with E-state index in [0.29, 0.717) is 146 Å². The fourth-order valence-corrected chi connectivity index (χ4v) is 21.8. The van der Waals surface area contributed by atoms with Gasteiger partial charge in [-0.25, -0.2) is 0 Å². The van der Waals surface area contributed by atoms with E-state index in [2.05, 4.69) is 53.2 Å². The van der Waals surface area contributed by atoms with Crippen LogP contribution in [-0.4, -0.2) is 269 Å². The molecule has 0 saturated carbocycles. The number of carbonyl (C=O) groups excluding carboxylic acids is 10. The van der Waals surface area contributed by atoms with E-state index >= 15 is 0 Å². The molecule has 4 saturated heterocycles. The lowest BCUT2D eigenvalue weighted by Gasteiger charge is -2.24. The number of thioether (sulfide) groups is 1. The van der Waals surface area contributed by atoms with Crippen LogP contribution in [0, 0.1) is 0 Å². The lowest BCUT2D eigenvalue weighted by atomic mass is 10.1. The van der Waals surface area contributed by atoms with Gasteiger partial charge in [-0.2, -0.15) is 11.8 Å². The largest absolute Gasteiger partial charge is 0.382 e. The summed E-state index contributed by atoms with van der Waals surface area (Å²) in [6.45, 7) is 7.27. The van der Waals surface area contributed by atoms with Crippen LogP contribution >= 0.6 is 76.5 Å². The lowest BCUT2D eigenvalue weighted by molar-refractivity contribution is -0.124. The molecule has 0 bridgehead atoms. The summed E-state index contributed by atoms with van der Waals surface area (Å²) in [5.74, 6) is 3.51. The SMILES string of the molecule is COCCOCCN(CCC(=O)NCCN(CCC(=O)NCCNC(=O)CCCCC1CCCS1)CCC(=O)NCCNC(=O)CCCCC1CCSS1)CCC(=O)NCCN(CCC(=O)NCCNC(=O)CCCCC1CCSS1)CCC(=O)NCCNC(=O)CCCCC1CCSS1. The van der Waals surface area contributed by atoms with E-state index in [-0.39, 0.29) is 137 Å². The van der Waals surface area contributed by atoms with E-state index in [1.54, 1.807) is 7.11 Å². The molecule has 4 atom stereocenters. The Morgan fingerprint density at radius 1 is 0.300 bits per heavy atom. The first-order valence-corrected chi connectivity index (χ1v) is 45.3. The summed E-state index contributed by atoms with van der Waals surface area (Å²) in [6, 6.07) is 0. The maximum atomic E-state index is 13.4. The smallest absolute Gasteiger partial charge is 0.221 e. The molecule has 10 amide bonds. The number of hydrogen-bond donors (Lipinski definition) is 10.